The van der Waals surface area contributed by atoms with E-state index in [1.165, 1.54) is 0 Å². The van der Waals surface area contributed by atoms with Crippen molar-refractivity contribution in [2.45, 2.75) is 77.7 Å². The van der Waals surface area contributed by atoms with Crippen LogP contribution in [0.4, 0.5) is 8.78 Å². The molecule has 2 atom stereocenters. The normalized spacial score (nSPS) is 18.3. The Morgan fingerprint density at radius 3 is 1.88 bits per heavy atom. The van der Waals surface area contributed by atoms with E-state index in [4.69, 9.17) is 15.9 Å². The molecule has 2 aliphatic heterocycles. The summed E-state index contributed by atoms with van der Waals surface area (Å²) in [5.41, 5.74) is 2.39. The van der Waals surface area contributed by atoms with E-state index in [1.807, 2.05) is 38.1 Å². The zero-order valence-electron chi connectivity index (χ0n) is 23.5. The lowest BCUT2D eigenvalue weighted by Crippen LogP contribution is -2.19. The summed E-state index contributed by atoms with van der Waals surface area (Å²) >= 11 is 3.34. The van der Waals surface area contributed by atoms with Gasteiger partial charge in [-0.05, 0) is 74.9 Å². The number of benzene rings is 2. The maximum absolute atomic E-state index is 14.0. The van der Waals surface area contributed by atoms with Gasteiger partial charge in [-0.3, -0.25) is 0 Å². The van der Waals surface area contributed by atoms with Crippen LogP contribution in [0.25, 0.3) is 21.8 Å². The standard InChI is InChI=1S/C16H17FN2O.C12H12BrFN2O.C4H6/c1-2-3-6-12-8-9-14-13(11-12)16(17)18-19(14)15-7-4-5-10-20-15;13-8-4-5-10-9(7-8)12(14)15-16(10)11-3-1-2-6-17-11;1-3-4-2/h8-9,11,15H,2,4-5,7,10H2,1H3;4-5,7,11H,1-3,6H2;1H,4H2,2H3. The van der Waals surface area contributed by atoms with E-state index in [-0.39, 0.29) is 12.5 Å². The van der Waals surface area contributed by atoms with Gasteiger partial charge in [0.2, 0.25) is 11.9 Å². The zero-order valence-corrected chi connectivity index (χ0v) is 25.1. The highest BCUT2D eigenvalue weighted by Crippen LogP contribution is 2.30. The van der Waals surface area contributed by atoms with E-state index < -0.39 is 11.9 Å². The Balaban J connectivity index is 0.000000169. The molecule has 0 aliphatic carbocycles. The molecule has 2 aromatic heterocycles. The number of ether oxygens (including phenoxy) is 2. The van der Waals surface area contributed by atoms with Crippen LogP contribution in [0.3, 0.4) is 0 Å². The van der Waals surface area contributed by atoms with Gasteiger partial charge >= 0.3 is 0 Å². The van der Waals surface area contributed by atoms with Crippen molar-refractivity contribution in [1.82, 2.24) is 19.6 Å². The van der Waals surface area contributed by atoms with Gasteiger partial charge in [-0.1, -0.05) is 41.6 Å². The highest BCUT2D eigenvalue weighted by Gasteiger charge is 2.22. The summed E-state index contributed by atoms with van der Waals surface area (Å²) in [7, 11) is 0. The maximum atomic E-state index is 14.0. The molecule has 4 aromatic rings. The summed E-state index contributed by atoms with van der Waals surface area (Å²) in [6.45, 7) is 5.38. The van der Waals surface area contributed by atoms with Crippen LogP contribution in [-0.4, -0.2) is 32.8 Å². The van der Waals surface area contributed by atoms with Crippen LogP contribution < -0.4 is 0 Å². The maximum Gasteiger partial charge on any atom is 0.240 e. The third kappa shape index (κ3) is 7.74. The summed E-state index contributed by atoms with van der Waals surface area (Å²) < 4.78 is 43.3. The molecule has 0 N–H and O–H groups in total. The highest BCUT2D eigenvalue weighted by atomic mass is 79.9. The molecule has 4 heterocycles. The van der Waals surface area contributed by atoms with Crippen LogP contribution in [0.5, 0.6) is 0 Å². The van der Waals surface area contributed by atoms with Crippen LogP contribution in [0.15, 0.2) is 40.9 Å². The lowest BCUT2D eigenvalue weighted by Gasteiger charge is -2.23. The quantitative estimate of drug-likeness (QED) is 0.210. The lowest BCUT2D eigenvalue weighted by atomic mass is 10.1. The average molecular weight is 626 g/mol. The van der Waals surface area contributed by atoms with Gasteiger partial charge in [-0.15, -0.1) is 22.5 Å². The molecule has 2 aromatic carbocycles. The highest BCUT2D eigenvalue weighted by molar-refractivity contribution is 9.10. The molecular weight excluding hydrogens is 590 g/mol. The number of rotatable bonds is 2. The summed E-state index contributed by atoms with van der Waals surface area (Å²) in [4.78, 5) is 0. The van der Waals surface area contributed by atoms with Crippen molar-refractivity contribution >= 4 is 37.7 Å². The topological polar surface area (TPSA) is 54.1 Å². The molecule has 0 spiro atoms. The van der Waals surface area contributed by atoms with Gasteiger partial charge in [-0.2, -0.15) is 8.78 Å². The first-order valence-electron chi connectivity index (χ1n) is 14.1. The molecule has 0 bridgehead atoms. The molecule has 2 saturated heterocycles. The predicted molar refractivity (Wildman–Crippen MR) is 161 cm³/mol. The third-order valence-corrected chi connectivity index (χ3v) is 7.25. The average Bonchev–Trinajstić information content (AvgIpc) is 3.53. The van der Waals surface area contributed by atoms with E-state index in [2.05, 4.69) is 43.9 Å². The first-order chi connectivity index (χ1) is 20.0. The van der Waals surface area contributed by atoms with E-state index in [0.717, 1.165) is 79.0 Å². The number of nitrogens with zero attached hydrogens (tertiary/aromatic N) is 4. The Kier molecular flexibility index (Phi) is 11.3. The Morgan fingerprint density at radius 2 is 1.39 bits per heavy atom. The summed E-state index contributed by atoms with van der Waals surface area (Å²) in [5.74, 6) is 7.56. The van der Waals surface area contributed by atoms with Gasteiger partial charge < -0.3 is 9.47 Å². The zero-order chi connectivity index (χ0) is 29.2. The summed E-state index contributed by atoms with van der Waals surface area (Å²) in [6.07, 6.45) is 12.2. The van der Waals surface area contributed by atoms with E-state index in [9.17, 15) is 8.78 Å². The van der Waals surface area contributed by atoms with Crippen molar-refractivity contribution < 1.29 is 18.3 Å². The number of halogens is 3. The molecule has 0 amide bonds. The number of terminal acetylenes is 1. The SMILES string of the molecule is C#CCC.CCC#Cc1ccc2c(c1)c(F)nn2C1CCCCO1.Fc1nn(C2CCCCO2)c2ccc(Br)cc12. The van der Waals surface area contributed by atoms with Crippen molar-refractivity contribution in [2.75, 3.05) is 13.2 Å². The smallest absolute Gasteiger partial charge is 0.240 e. The van der Waals surface area contributed by atoms with E-state index >= 15 is 0 Å². The molecule has 6 nitrogen and oxygen atoms in total. The van der Waals surface area contributed by atoms with Gasteiger partial charge in [-0.25, -0.2) is 9.36 Å². The number of fused-ring (bicyclic) bond motifs is 2. The third-order valence-electron chi connectivity index (χ3n) is 6.75. The molecular formula is C32H35BrF2N4O2. The Hall–Kier alpha value is -3.24. The molecule has 2 fully saturated rings. The van der Waals surface area contributed by atoms with Gasteiger partial charge in [0.05, 0.1) is 21.8 Å². The fourth-order valence-electron chi connectivity index (χ4n) is 4.72. The predicted octanol–water partition coefficient (Wildman–Crippen LogP) is 8.30. The van der Waals surface area contributed by atoms with Crippen molar-refractivity contribution in [3.05, 3.63) is 58.3 Å². The largest absolute Gasteiger partial charge is 0.356 e. The van der Waals surface area contributed by atoms with Gasteiger partial charge in [0.1, 0.15) is 0 Å². The summed E-state index contributed by atoms with van der Waals surface area (Å²) in [6, 6.07) is 11.1. The van der Waals surface area contributed by atoms with Crippen LogP contribution in [0.1, 0.15) is 83.2 Å². The molecule has 2 aliphatic rings. The van der Waals surface area contributed by atoms with Crippen LogP contribution in [0, 0.1) is 36.1 Å². The van der Waals surface area contributed by atoms with Crippen molar-refractivity contribution in [3.8, 4) is 24.2 Å². The first-order valence-corrected chi connectivity index (χ1v) is 14.9. The van der Waals surface area contributed by atoms with Crippen molar-refractivity contribution in [3.63, 3.8) is 0 Å². The monoisotopic (exact) mass is 624 g/mol. The minimum atomic E-state index is -0.450. The van der Waals surface area contributed by atoms with E-state index in [0.29, 0.717) is 17.4 Å². The minimum Gasteiger partial charge on any atom is -0.356 e. The van der Waals surface area contributed by atoms with E-state index in [1.54, 1.807) is 21.5 Å². The van der Waals surface area contributed by atoms with Crippen LogP contribution in [0.2, 0.25) is 0 Å². The Morgan fingerprint density at radius 1 is 0.854 bits per heavy atom. The number of aromatic nitrogens is 4. The minimum absolute atomic E-state index is 0.128. The molecule has 0 saturated carbocycles. The Labute approximate surface area is 248 Å². The second-order valence-electron chi connectivity index (χ2n) is 9.72. The van der Waals surface area contributed by atoms with Crippen LogP contribution >= 0.6 is 15.9 Å². The molecule has 9 heteroatoms. The van der Waals surface area contributed by atoms with Gasteiger partial charge in [0, 0.05) is 36.1 Å². The number of hydrogen-bond acceptors (Lipinski definition) is 4. The van der Waals surface area contributed by atoms with Crippen LogP contribution in [-0.2, 0) is 9.47 Å². The lowest BCUT2D eigenvalue weighted by molar-refractivity contribution is -0.0376. The first kappa shape index (κ1) is 30.7. The summed E-state index contributed by atoms with van der Waals surface area (Å²) in [5, 5.41) is 9.02. The molecule has 0 radical (unpaired) electrons. The number of hydrogen-bond donors (Lipinski definition) is 0. The molecule has 2 unspecified atom stereocenters. The molecule has 216 valence electrons. The second-order valence-corrected chi connectivity index (χ2v) is 10.6. The van der Waals surface area contributed by atoms with Gasteiger partial charge in [0.15, 0.2) is 12.5 Å². The fourth-order valence-corrected chi connectivity index (χ4v) is 5.08. The molecule has 41 heavy (non-hydrogen) atoms. The molecule has 6 rings (SSSR count). The fraction of sp³-hybridized carbons (Fsp3) is 0.438. The second kappa shape index (κ2) is 15.1. The Bertz CT molecular complexity index is 1550. The van der Waals surface area contributed by atoms with Gasteiger partial charge in [0.25, 0.3) is 0 Å². The van der Waals surface area contributed by atoms with Crippen molar-refractivity contribution in [1.29, 1.82) is 0 Å². The van der Waals surface area contributed by atoms with Crippen molar-refractivity contribution in [2.24, 2.45) is 0 Å².